The Hall–Kier alpha value is -1.95. The average molecular weight is 323 g/mol. The number of amides is 2. The second-order valence-electron chi connectivity index (χ2n) is 5.58. The van der Waals surface area contributed by atoms with Gasteiger partial charge in [-0.3, -0.25) is 14.5 Å². The van der Waals surface area contributed by atoms with Crippen LogP contribution in [0.15, 0.2) is 24.3 Å². The zero-order valence-corrected chi connectivity index (χ0v) is 14.3. The summed E-state index contributed by atoms with van der Waals surface area (Å²) in [7, 11) is 1.74. The van der Waals surface area contributed by atoms with Crippen molar-refractivity contribution >= 4 is 11.8 Å². The fourth-order valence-corrected chi connectivity index (χ4v) is 2.33. The molecule has 0 bridgehead atoms. The number of nitrogens with one attached hydrogen (secondary N) is 1. The molecule has 6 heteroatoms. The van der Waals surface area contributed by atoms with Crippen molar-refractivity contribution in [3.63, 3.8) is 0 Å². The van der Waals surface area contributed by atoms with Gasteiger partial charge in [0.25, 0.3) is 0 Å². The predicted octanol–water partition coefficient (Wildman–Crippen LogP) is 1.80. The molecule has 0 aliphatic heterocycles. The van der Waals surface area contributed by atoms with Gasteiger partial charge in [-0.25, -0.2) is 4.39 Å². The summed E-state index contributed by atoms with van der Waals surface area (Å²) < 4.78 is 12.9. The van der Waals surface area contributed by atoms with Gasteiger partial charge >= 0.3 is 0 Å². The third-order valence-electron chi connectivity index (χ3n) is 3.68. The van der Waals surface area contributed by atoms with Gasteiger partial charge < -0.3 is 10.2 Å². The molecule has 0 saturated heterocycles. The molecule has 5 nitrogen and oxygen atoms in total. The van der Waals surface area contributed by atoms with E-state index in [1.165, 1.54) is 12.1 Å². The van der Waals surface area contributed by atoms with Crippen LogP contribution < -0.4 is 5.32 Å². The van der Waals surface area contributed by atoms with E-state index in [0.717, 1.165) is 5.56 Å². The van der Waals surface area contributed by atoms with Gasteiger partial charge in [-0.15, -0.1) is 0 Å². The molecular formula is C17H26FN3O2. The van der Waals surface area contributed by atoms with E-state index in [4.69, 9.17) is 0 Å². The van der Waals surface area contributed by atoms with E-state index in [2.05, 4.69) is 5.32 Å². The maximum atomic E-state index is 12.9. The minimum atomic E-state index is -0.304. The van der Waals surface area contributed by atoms with Crippen LogP contribution in [0.25, 0.3) is 0 Å². The average Bonchev–Trinajstić information content (AvgIpc) is 2.48. The van der Waals surface area contributed by atoms with Crippen molar-refractivity contribution in [2.75, 3.05) is 33.2 Å². The fraction of sp³-hybridized carbons (Fsp3) is 0.529. The highest BCUT2D eigenvalue weighted by Gasteiger charge is 2.16. The molecule has 1 unspecified atom stereocenters. The normalized spacial score (nSPS) is 12.1. The summed E-state index contributed by atoms with van der Waals surface area (Å²) in [4.78, 5) is 27.5. The number of carbonyl (C=O) groups is 2. The van der Waals surface area contributed by atoms with Gasteiger partial charge in [0.2, 0.25) is 11.8 Å². The lowest BCUT2D eigenvalue weighted by atomic mass is 10.1. The molecule has 128 valence electrons. The van der Waals surface area contributed by atoms with Crippen molar-refractivity contribution in [1.82, 2.24) is 15.1 Å². The van der Waals surface area contributed by atoms with Crippen molar-refractivity contribution in [2.45, 2.75) is 26.8 Å². The van der Waals surface area contributed by atoms with E-state index in [1.54, 1.807) is 29.0 Å². The second kappa shape index (κ2) is 9.25. The van der Waals surface area contributed by atoms with Crippen molar-refractivity contribution in [3.8, 4) is 0 Å². The van der Waals surface area contributed by atoms with Crippen molar-refractivity contribution in [2.24, 2.45) is 0 Å². The molecule has 0 saturated carbocycles. The second-order valence-corrected chi connectivity index (χ2v) is 5.58. The molecule has 1 rings (SSSR count). The van der Waals surface area contributed by atoms with Crippen LogP contribution in [0.3, 0.4) is 0 Å². The van der Waals surface area contributed by atoms with Gasteiger partial charge in [-0.05, 0) is 45.5 Å². The lowest BCUT2D eigenvalue weighted by Gasteiger charge is -2.23. The van der Waals surface area contributed by atoms with Gasteiger partial charge in [0.05, 0.1) is 19.1 Å². The Morgan fingerprint density at radius 1 is 1.13 bits per heavy atom. The zero-order chi connectivity index (χ0) is 17.4. The van der Waals surface area contributed by atoms with Crippen LogP contribution in [0, 0.1) is 5.82 Å². The molecular weight excluding hydrogens is 297 g/mol. The largest absolute Gasteiger partial charge is 0.348 e. The molecule has 0 heterocycles. The zero-order valence-electron chi connectivity index (χ0n) is 14.3. The molecule has 0 aromatic heterocycles. The Morgan fingerprint density at radius 3 is 2.22 bits per heavy atom. The highest BCUT2D eigenvalue weighted by molar-refractivity contribution is 5.81. The van der Waals surface area contributed by atoms with Crippen LogP contribution in [0.1, 0.15) is 32.4 Å². The number of hydrogen-bond donors (Lipinski definition) is 1. The number of nitrogens with zero attached hydrogens (tertiary/aromatic N) is 2. The number of hydrogen-bond acceptors (Lipinski definition) is 3. The molecule has 0 aliphatic rings. The topological polar surface area (TPSA) is 52.7 Å². The first-order chi connectivity index (χ1) is 10.9. The Labute approximate surface area is 137 Å². The number of rotatable bonds is 8. The molecule has 1 atom stereocenters. The van der Waals surface area contributed by atoms with Crippen LogP contribution in [-0.2, 0) is 9.59 Å². The van der Waals surface area contributed by atoms with Gasteiger partial charge in [0.15, 0.2) is 0 Å². The van der Waals surface area contributed by atoms with Crippen LogP contribution >= 0.6 is 0 Å². The molecule has 0 spiro atoms. The maximum Gasteiger partial charge on any atom is 0.236 e. The lowest BCUT2D eigenvalue weighted by Crippen LogP contribution is -2.43. The van der Waals surface area contributed by atoms with E-state index < -0.39 is 0 Å². The van der Waals surface area contributed by atoms with Crippen LogP contribution in [-0.4, -0.2) is 54.8 Å². The summed E-state index contributed by atoms with van der Waals surface area (Å²) in [6.45, 7) is 7.37. The van der Waals surface area contributed by atoms with E-state index in [1.807, 2.05) is 20.8 Å². The monoisotopic (exact) mass is 323 g/mol. The molecule has 0 aliphatic carbocycles. The van der Waals surface area contributed by atoms with Crippen LogP contribution in [0.5, 0.6) is 0 Å². The summed E-state index contributed by atoms with van der Waals surface area (Å²) in [6, 6.07) is 5.82. The smallest absolute Gasteiger partial charge is 0.236 e. The highest BCUT2D eigenvalue weighted by Crippen LogP contribution is 2.12. The predicted molar refractivity (Wildman–Crippen MR) is 88.4 cm³/mol. The Morgan fingerprint density at radius 2 is 1.70 bits per heavy atom. The minimum absolute atomic E-state index is 0.0110. The molecule has 1 aromatic carbocycles. The standard InChI is InChI=1S/C17H26FN3O2/c1-5-21(6-2)17(23)12-20(4)11-16(22)19-13(3)14-7-9-15(18)10-8-14/h7-10,13H,5-6,11-12H2,1-4H3,(H,19,22). The van der Waals surface area contributed by atoms with E-state index >= 15 is 0 Å². The summed E-state index contributed by atoms with van der Waals surface area (Å²) >= 11 is 0. The first-order valence-electron chi connectivity index (χ1n) is 7.88. The SMILES string of the molecule is CCN(CC)C(=O)CN(C)CC(=O)NC(C)c1ccc(F)cc1. The Bertz CT molecular complexity index is 515. The number of carbonyl (C=O) groups excluding carboxylic acids is 2. The molecule has 0 radical (unpaired) electrons. The highest BCUT2D eigenvalue weighted by atomic mass is 19.1. The van der Waals surface area contributed by atoms with Crippen molar-refractivity contribution in [3.05, 3.63) is 35.6 Å². The van der Waals surface area contributed by atoms with Crippen molar-refractivity contribution < 1.29 is 14.0 Å². The molecule has 2 amide bonds. The number of likely N-dealkylation sites (N-methyl/N-ethyl adjacent to an activating group) is 2. The van der Waals surface area contributed by atoms with E-state index in [-0.39, 0.29) is 36.8 Å². The molecule has 23 heavy (non-hydrogen) atoms. The number of halogens is 1. The third kappa shape index (κ3) is 6.36. The summed E-state index contributed by atoms with van der Waals surface area (Å²) in [5, 5.41) is 2.85. The quantitative estimate of drug-likeness (QED) is 0.794. The van der Waals surface area contributed by atoms with Gasteiger partial charge in [0.1, 0.15) is 5.82 Å². The third-order valence-corrected chi connectivity index (χ3v) is 3.68. The first-order valence-corrected chi connectivity index (χ1v) is 7.88. The van der Waals surface area contributed by atoms with E-state index in [9.17, 15) is 14.0 Å². The van der Waals surface area contributed by atoms with Gasteiger partial charge in [0, 0.05) is 13.1 Å². The summed E-state index contributed by atoms with van der Waals surface area (Å²) in [6.07, 6.45) is 0. The maximum absolute atomic E-state index is 12.9. The Balaban J connectivity index is 2.46. The van der Waals surface area contributed by atoms with Gasteiger partial charge in [-0.2, -0.15) is 0 Å². The molecule has 1 N–H and O–H groups in total. The fourth-order valence-electron chi connectivity index (χ4n) is 2.33. The molecule has 1 aromatic rings. The summed E-state index contributed by atoms with van der Waals surface area (Å²) in [5.74, 6) is -0.463. The summed E-state index contributed by atoms with van der Waals surface area (Å²) in [5.41, 5.74) is 0.835. The minimum Gasteiger partial charge on any atom is -0.348 e. The Kier molecular flexibility index (Phi) is 7.68. The van der Waals surface area contributed by atoms with E-state index in [0.29, 0.717) is 13.1 Å². The van der Waals surface area contributed by atoms with Crippen LogP contribution in [0.2, 0.25) is 0 Å². The molecule has 0 fully saturated rings. The van der Waals surface area contributed by atoms with Gasteiger partial charge in [-0.1, -0.05) is 12.1 Å². The number of benzene rings is 1. The van der Waals surface area contributed by atoms with Crippen LogP contribution in [0.4, 0.5) is 4.39 Å². The first kappa shape index (κ1) is 19.1. The van der Waals surface area contributed by atoms with Crippen molar-refractivity contribution in [1.29, 1.82) is 0 Å². The lowest BCUT2D eigenvalue weighted by molar-refractivity contribution is -0.132.